The number of halogens is 1. The van der Waals surface area contributed by atoms with Crippen molar-refractivity contribution < 1.29 is 9.18 Å². The maximum absolute atomic E-state index is 13.3. The van der Waals surface area contributed by atoms with Crippen LogP contribution in [0.3, 0.4) is 0 Å². The zero-order valence-electron chi connectivity index (χ0n) is 18.3. The average Bonchev–Trinajstić information content (AvgIpc) is 3.45. The van der Waals surface area contributed by atoms with Gasteiger partial charge in [-0.1, -0.05) is 24.3 Å². The Morgan fingerprint density at radius 2 is 2.03 bits per heavy atom. The molecule has 1 aliphatic heterocycles. The lowest BCUT2D eigenvalue weighted by Crippen LogP contribution is -2.29. The number of fused-ring (bicyclic) bond motifs is 1. The number of hydrogen-bond donors (Lipinski definition) is 1. The molecular formula is C24H24FN7O. The summed E-state index contributed by atoms with van der Waals surface area (Å²) >= 11 is 0. The third-order valence-corrected chi connectivity index (χ3v) is 5.93. The number of aryl methyl sites for hydroxylation is 3. The minimum absolute atomic E-state index is 0.254. The van der Waals surface area contributed by atoms with Crippen LogP contribution >= 0.6 is 0 Å². The second-order valence-corrected chi connectivity index (χ2v) is 8.28. The predicted molar refractivity (Wildman–Crippen MR) is 121 cm³/mol. The Hall–Kier alpha value is -3.88. The van der Waals surface area contributed by atoms with Gasteiger partial charge in [-0.05, 0) is 60.0 Å². The predicted octanol–water partition coefficient (Wildman–Crippen LogP) is 3.74. The van der Waals surface area contributed by atoms with E-state index < -0.39 is 6.04 Å². The number of amides is 1. The Labute approximate surface area is 190 Å². The molecule has 0 saturated heterocycles. The van der Waals surface area contributed by atoms with Gasteiger partial charge in [0, 0.05) is 36.8 Å². The highest BCUT2D eigenvalue weighted by Gasteiger charge is 2.25. The third-order valence-electron chi connectivity index (χ3n) is 5.93. The zero-order valence-corrected chi connectivity index (χ0v) is 18.3. The SMILES string of the molecule is Cc1nnnn1C(Cc1ccc(F)cc1)C(=O)Nc1cccc(-c2cn3c(n2)CCCC3)c1. The van der Waals surface area contributed by atoms with Gasteiger partial charge in [-0.25, -0.2) is 14.1 Å². The average molecular weight is 446 g/mol. The first-order chi connectivity index (χ1) is 16.1. The molecule has 3 heterocycles. The Balaban J connectivity index is 1.39. The van der Waals surface area contributed by atoms with Crippen molar-refractivity contribution in [3.8, 4) is 11.3 Å². The summed E-state index contributed by atoms with van der Waals surface area (Å²) in [6, 6.07) is 13.1. The standard InChI is InChI=1S/C24H24FN7O/c1-16-28-29-30-32(16)22(13-17-8-10-19(25)11-9-17)24(33)26-20-6-4-5-18(14-20)21-15-31-12-3-2-7-23(31)27-21/h4-6,8-11,14-15,22H,2-3,7,12-13H2,1H3,(H,26,33). The number of benzene rings is 2. The number of aromatic nitrogens is 6. The second kappa shape index (κ2) is 8.93. The van der Waals surface area contributed by atoms with Gasteiger partial charge in [0.1, 0.15) is 23.5 Å². The molecule has 33 heavy (non-hydrogen) atoms. The van der Waals surface area contributed by atoms with E-state index in [0.717, 1.165) is 35.6 Å². The molecule has 1 amide bonds. The van der Waals surface area contributed by atoms with Crippen LogP contribution in [-0.2, 0) is 24.2 Å². The summed E-state index contributed by atoms with van der Waals surface area (Å²) in [5.74, 6) is 1.06. The van der Waals surface area contributed by atoms with E-state index in [1.165, 1.54) is 29.7 Å². The maximum atomic E-state index is 13.3. The van der Waals surface area contributed by atoms with E-state index in [1.807, 2.05) is 24.3 Å². The maximum Gasteiger partial charge on any atom is 0.249 e. The highest BCUT2D eigenvalue weighted by molar-refractivity contribution is 5.94. The molecule has 0 bridgehead atoms. The molecule has 0 radical (unpaired) electrons. The van der Waals surface area contributed by atoms with Crippen LogP contribution in [0.5, 0.6) is 0 Å². The molecular weight excluding hydrogens is 421 g/mol. The van der Waals surface area contributed by atoms with Crippen molar-refractivity contribution >= 4 is 11.6 Å². The van der Waals surface area contributed by atoms with E-state index in [4.69, 9.17) is 4.98 Å². The van der Waals surface area contributed by atoms with Crippen LogP contribution < -0.4 is 5.32 Å². The number of carbonyl (C=O) groups excluding carboxylic acids is 1. The highest BCUT2D eigenvalue weighted by atomic mass is 19.1. The Kier molecular flexibility index (Phi) is 5.68. The Morgan fingerprint density at radius 1 is 1.18 bits per heavy atom. The van der Waals surface area contributed by atoms with Crippen molar-refractivity contribution in [2.24, 2.45) is 0 Å². The van der Waals surface area contributed by atoms with Crippen LogP contribution in [0.25, 0.3) is 11.3 Å². The molecule has 8 nitrogen and oxygen atoms in total. The molecule has 5 rings (SSSR count). The summed E-state index contributed by atoms with van der Waals surface area (Å²) in [7, 11) is 0. The second-order valence-electron chi connectivity index (χ2n) is 8.28. The molecule has 0 fully saturated rings. The smallest absolute Gasteiger partial charge is 0.249 e. The van der Waals surface area contributed by atoms with Crippen molar-refractivity contribution in [1.82, 2.24) is 29.8 Å². The fourth-order valence-electron chi connectivity index (χ4n) is 4.19. The Bertz CT molecular complexity index is 1250. The minimum Gasteiger partial charge on any atom is -0.334 e. The van der Waals surface area contributed by atoms with Crippen LogP contribution in [0.15, 0.2) is 54.7 Å². The lowest BCUT2D eigenvalue weighted by molar-refractivity contribution is -0.119. The number of carbonyl (C=O) groups is 1. The number of rotatable bonds is 6. The van der Waals surface area contributed by atoms with E-state index in [-0.39, 0.29) is 11.7 Å². The third kappa shape index (κ3) is 4.52. The molecule has 0 spiro atoms. The number of tetrazole rings is 1. The Morgan fingerprint density at radius 3 is 2.79 bits per heavy atom. The molecule has 1 aliphatic rings. The number of hydrogen-bond acceptors (Lipinski definition) is 5. The number of nitrogens with zero attached hydrogens (tertiary/aromatic N) is 6. The molecule has 1 unspecified atom stereocenters. The first kappa shape index (κ1) is 21.0. The fourth-order valence-corrected chi connectivity index (χ4v) is 4.19. The lowest BCUT2D eigenvalue weighted by atomic mass is 10.0. The van der Waals surface area contributed by atoms with Gasteiger partial charge in [-0.15, -0.1) is 5.10 Å². The number of nitrogens with one attached hydrogen (secondary N) is 1. The van der Waals surface area contributed by atoms with Crippen LogP contribution in [0.1, 0.15) is 36.1 Å². The van der Waals surface area contributed by atoms with E-state index in [1.54, 1.807) is 19.1 Å². The molecule has 0 saturated carbocycles. The van der Waals surface area contributed by atoms with Gasteiger partial charge in [-0.2, -0.15) is 0 Å². The minimum atomic E-state index is -0.686. The summed E-state index contributed by atoms with van der Waals surface area (Å²) in [6.45, 7) is 2.74. The van der Waals surface area contributed by atoms with Gasteiger partial charge >= 0.3 is 0 Å². The van der Waals surface area contributed by atoms with Gasteiger partial charge in [0.05, 0.1) is 5.69 Å². The molecule has 168 valence electrons. The molecule has 0 aliphatic carbocycles. The van der Waals surface area contributed by atoms with E-state index in [2.05, 4.69) is 31.6 Å². The van der Waals surface area contributed by atoms with Crippen molar-refractivity contribution in [1.29, 1.82) is 0 Å². The monoisotopic (exact) mass is 445 g/mol. The van der Waals surface area contributed by atoms with Gasteiger partial charge in [-0.3, -0.25) is 4.79 Å². The molecule has 9 heteroatoms. The molecule has 2 aromatic heterocycles. The van der Waals surface area contributed by atoms with Crippen molar-refractivity contribution in [3.05, 3.63) is 77.8 Å². The van der Waals surface area contributed by atoms with Crippen LogP contribution in [0.2, 0.25) is 0 Å². The van der Waals surface area contributed by atoms with Gasteiger partial charge in [0.25, 0.3) is 0 Å². The molecule has 2 aromatic carbocycles. The van der Waals surface area contributed by atoms with E-state index in [9.17, 15) is 9.18 Å². The quantitative estimate of drug-likeness (QED) is 0.488. The lowest BCUT2D eigenvalue weighted by Gasteiger charge is -2.18. The number of imidazole rings is 1. The van der Waals surface area contributed by atoms with Crippen molar-refractivity contribution in [2.75, 3.05) is 5.32 Å². The fraction of sp³-hybridized carbons (Fsp3) is 0.292. The molecule has 4 aromatic rings. The topological polar surface area (TPSA) is 90.5 Å². The van der Waals surface area contributed by atoms with Crippen LogP contribution in [-0.4, -0.2) is 35.7 Å². The van der Waals surface area contributed by atoms with Gasteiger partial charge in [0.2, 0.25) is 5.91 Å². The van der Waals surface area contributed by atoms with Crippen molar-refractivity contribution in [2.45, 2.75) is 45.2 Å². The first-order valence-corrected chi connectivity index (χ1v) is 11.0. The number of anilines is 1. The van der Waals surface area contributed by atoms with Crippen LogP contribution in [0, 0.1) is 12.7 Å². The largest absolute Gasteiger partial charge is 0.334 e. The highest BCUT2D eigenvalue weighted by Crippen LogP contribution is 2.26. The first-order valence-electron chi connectivity index (χ1n) is 11.0. The van der Waals surface area contributed by atoms with Gasteiger partial charge < -0.3 is 9.88 Å². The zero-order chi connectivity index (χ0) is 22.8. The molecule has 1 atom stereocenters. The summed E-state index contributed by atoms with van der Waals surface area (Å²) in [5, 5.41) is 14.6. The summed E-state index contributed by atoms with van der Waals surface area (Å²) in [4.78, 5) is 18.1. The normalized spacial score (nSPS) is 14.0. The van der Waals surface area contributed by atoms with Crippen LogP contribution in [0.4, 0.5) is 10.1 Å². The summed E-state index contributed by atoms with van der Waals surface area (Å²) in [6.07, 6.45) is 5.74. The molecule has 1 N–H and O–H groups in total. The van der Waals surface area contributed by atoms with Gasteiger partial charge in [0.15, 0.2) is 0 Å². The van der Waals surface area contributed by atoms with E-state index in [0.29, 0.717) is 17.9 Å². The summed E-state index contributed by atoms with van der Waals surface area (Å²) < 4.78 is 17.0. The van der Waals surface area contributed by atoms with E-state index >= 15 is 0 Å². The summed E-state index contributed by atoms with van der Waals surface area (Å²) in [5.41, 5.74) is 3.33. The van der Waals surface area contributed by atoms with Crippen molar-refractivity contribution in [3.63, 3.8) is 0 Å².